The molecule has 9 heteroatoms. The van der Waals surface area contributed by atoms with Crippen molar-refractivity contribution in [1.82, 2.24) is 25.3 Å². The lowest BCUT2D eigenvalue weighted by atomic mass is 10.1. The van der Waals surface area contributed by atoms with Crippen LogP contribution in [0.5, 0.6) is 5.75 Å². The van der Waals surface area contributed by atoms with E-state index in [-0.39, 0.29) is 5.91 Å². The van der Waals surface area contributed by atoms with Crippen molar-refractivity contribution >= 4 is 22.4 Å². The van der Waals surface area contributed by atoms with E-state index >= 15 is 0 Å². The Morgan fingerprint density at radius 1 is 1.32 bits per heavy atom. The topological polar surface area (TPSA) is 94.0 Å². The van der Waals surface area contributed by atoms with E-state index in [4.69, 9.17) is 4.74 Å². The number of ether oxygens (including phenoxy) is 1. The van der Waals surface area contributed by atoms with Crippen molar-refractivity contribution in [3.05, 3.63) is 41.5 Å². The predicted molar refractivity (Wildman–Crippen MR) is 108 cm³/mol. The van der Waals surface area contributed by atoms with Crippen molar-refractivity contribution in [1.29, 1.82) is 0 Å². The summed E-state index contributed by atoms with van der Waals surface area (Å²) in [6.45, 7) is 4.50. The normalized spacial score (nSPS) is 14.8. The van der Waals surface area contributed by atoms with Gasteiger partial charge < -0.3 is 10.1 Å². The molecular formula is C19H22N6O2S. The van der Waals surface area contributed by atoms with Crippen LogP contribution in [0.2, 0.25) is 0 Å². The van der Waals surface area contributed by atoms with E-state index in [1.807, 2.05) is 36.6 Å². The molecule has 1 fully saturated rings. The van der Waals surface area contributed by atoms with E-state index in [0.29, 0.717) is 23.5 Å². The molecule has 28 heavy (non-hydrogen) atoms. The number of carbonyl (C=O) groups excluding carboxylic acids is 1. The zero-order valence-electron chi connectivity index (χ0n) is 15.6. The quantitative estimate of drug-likeness (QED) is 0.663. The minimum absolute atomic E-state index is 0.293. The highest BCUT2D eigenvalue weighted by Crippen LogP contribution is 2.27. The Bertz CT molecular complexity index is 930. The first-order chi connectivity index (χ1) is 13.7. The summed E-state index contributed by atoms with van der Waals surface area (Å²) in [6, 6.07) is 8.03. The second kappa shape index (κ2) is 8.49. The van der Waals surface area contributed by atoms with Gasteiger partial charge in [-0.1, -0.05) is 5.21 Å². The van der Waals surface area contributed by atoms with Crippen LogP contribution in [0.1, 0.15) is 36.3 Å². The number of anilines is 1. The SMILES string of the molecule is CCOc1ccc(-c2csc(NC(=O)c3cn(C4CCNCC4)nn3)n2)cc1. The van der Waals surface area contributed by atoms with Gasteiger partial charge in [-0.15, -0.1) is 16.4 Å². The van der Waals surface area contributed by atoms with E-state index in [1.54, 1.807) is 10.9 Å². The Morgan fingerprint density at radius 2 is 2.11 bits per heavy atom. The standard InChI is InChI=1S/C19H22N6O2S/c1-2-27-15-5-3-13(4-6-15)17-12-28-19(21-17)22-18(26)16-11-25(24-23-16)14-7-9-20-10-8-14/h3-6,11-12,14,20H,2,7-10H2,1H3,(H,21,22,26). The molecular weight excluding hydrogens is 376 g/mol. The molecule has 1 aromatic carbocycles. The average molecular weight is 398 g/mol. The molecule has 0 spiro atoms. The number of hydrogen-bond donors (Lipinski definition) is 2. The van der Waals surface area contributed by atoms with Crippen molar-refractivity contribution < 1.29 is 9.53 Å². The van der Waals surface area contributed by atoms with Crippen molar-refractivity contribution in [3.63, 3.8) is 0 Å². The number of aromatic nitrogens is 4. The van der Waals surface area contributed by atoms with Crippen molar-refractivity contribution in [3.8, 4) is 17.0 Å². The molecule has 0 aliphatic carbocycles. The maximum Gasteiger partial charge on any atom is 0.279 e. The first-order valence-electron chi connectivity index (χ1n) is 9.35. The van der Waals surface area contributed by atoms with Crippen LogP contribution in [-0.4, -0.2) is 45.6 Å². The van der Waals surface area contributed by atoms with Gasteiger partial charge in [0.25, 0.3) is 5.91 Å². The van der Waals surface area contributed by atoms with Crippen LogP contribution < -0.4 is 15.4 Å². The summed E-state index contributed by atoms with van der Waals surface area (Å²) < 4.78 is 7.25. The zero-order chi connectivity index (χ0) is 19.3. The summed E-state index contributed by atoms with van der Waals surface area (Å²) in [5, 5.41) is 16.7. The van der Waals surface area contributed by atoms with Gasteiger partial charge in [0.1, 0.15) is 5.75 Å². The molecule has 0 atom stereocenters. The second-order valence-corrected chi connectivity index (χ2v) is 7.37. The van der Waals surface area contributed by atoms with Gasteiger partial charge in [0.2, 0.25) is 0 Å². The maximum absolute atomic E-state index is 12.5. The van der Waals surface area contributed by atoms with Crippen molar-refractivity contribution in [2.24, 2.45) is 0 Å². The Morgan fingerprint density at radius 3 is 2.86 bits per heavy atom. The van der Waals surface area contributed by atoms with Crippen LogP contribution in [-0.2, 0) is 0 Å². The third-order valence-corrected chi connectivity index (χ3v) is 5.37. The molecule has 1 aliphatic heterocycles. The number of thiazole rings is 1. The van der Waals surface area contributed by atoms with E-state index in [2.05, 4.69) is 25.9 Å². The monoisotopic (exact) mass is 398 g/mol. The molecule has 0 saturated carbocycles. The third kappa shape index (κ3) is 4.20. The number of benzene rings is 1. The molecule has 0 radical (unpaired) electrons. The number of amides is 1. The van der Waals surface area contributed by atoms with Gasteiger partial charge in [-0.05, 0) is 57.1 Å². The summed E-state index contributed by atoms with van der Waals surface area (Å²) >= 11 is 1.38. The molecule has 0 bridgehead atoms. The molecule has 146 valence electrons. The summed E-state index contributed by atoms with van der Waals surface area (Å²) in [4.78, 5) is 17.0. The van der Waals surface area contributed by atoms with Gasteiger partial charge in [0, 0.05) is 10.9 Å². The number of carbonyl (C=O) groups is 1. The summed E-state index contributed by atoms with van der Waals surface area (Å²) in [6.07, 6.45) is 3.69. The molecule has 1 aliphatic rings. The smallest absolute Gasteiger partial charge is 0.279 e. The molecule has 8 nitrogen and oxygen atoms in total. The molecule has 3 aromatic rings. The average Bonchev–Trinajstić information content (AvgIpc) is 3.39. The molecule has 3 heterocycles. The number of hydrogen-bond acceptors (Lipinski definition) is 7. The third-order valence-electron chi connectivity index (χ3n) is 4.61. The van der Waals surface area contributed by atoms with E-state index in [1.165, 1.54) is 11.3 Å². The van der Waals surface area contributed by atoms with Crippen LogP contribution in [0.3, 0.4) is 0 Å². The first-order valence-corrected chi connectivity index (χ1v) is 10.2. The van der Waals surface area contributed by atoms with Gasteiger partial charge in [0.15, 0.2) is 10.8 Å². The summed E-state index contributed by atoms with van der Waals surface area (Å²) in [5.41, 5.74) is 2.08. The van der Waals surface area contributed by atoms with Crippen molar-refractivity contribution in [2.75, 3.05) is 25.0 Å². The zero-order valence-corrected chi connectivity index (χ0v) is 16.4. The fourth-order valence-corrected chi connectivity index (χ4v) is 3.86. The van der Waals surface area contributed by atoms with E-state index < -0.39 is 0 Å². The van der Waals surface area contributed by atoms with Gasteiger partial charge in [-0.25, -0.2) is 9.67 Å². The maximum atomic E-state index is 12.5. The van der Waals surface area contributed by atoms with Crippen LogP contribution in [0.4, 0.5) is 5.13 Å². The Hall–Kier alpha value is -2.78. The lowest BCUT2D eigenvalue weighted by Crippen LogP contribution is -2.29. The van der Waals surface area contributed by atoms with Crippen LogP contribution >= 0.6 is 11.3 Å². The van der Waals surface area contributed by atoms with Gasteiger partial charge in [0.05, 0.1) is 24.5 Å². The molecule has 4 rings (SSSR count). The highest BCUT2D eigenvalue weighted by molar-refractivity contribution is 7.14. The van der Waals surface area contributed by atoms with Crippen LogP contribution in [0, 0.1) is 0 Å². The van der Waals surface area contributed by atoms with E-state index in [0.717, 1.165) is 42.9 Å². The molecule has 2 N–H and O–H groups in total. The highest BCUT2D eigenvalue weighted by atomic mass is 32.1. The second-order valence-electron chi connectivity index (χ2n) is 6.51. The predicted octanol–water partition coefficient (Wildman–Crippen LogP) is 2.98. The molecule has 1 amide bonds. The first kappa shape index (κ1) is 18.6. The van der Waals surface area contributed by atoms with Gasteiger partial charge in [-0.3, -0.25) is 10.1 Å². The van der Waals surface area contributed by atoms with Gasteiger partial charge >= 0.3 is 0 Å². The minimum atomic E-state index is -0.298. The number of nitrogens with one attached hydrogen (secondary N) is 2. The lowest BCUT2D eigenvalue weighted by molar-refractivity contribution is 0.102. The van der Waals surface area contributed by atoms with Crippen molar-refractivity contribution in [2.45, 2.75) is 25.8 Å². The van der Waals surface area contributed by atoms with Gasteiger partial charge in [-0.2, -0.15) is 0 Å². The molecule has 0 unspecified atom stereocenters. The minimum Gasteiger partial charge on any atom is -0.494 e. The summed E-state index contributed by atoms with van der Waals surface area (Å²) in [5.74, 6) is 0.527. The number of piperidine rings is 1. The fourth-order valence-electron chi connectivity index (χ4n) is 3.14. The molecule has 2 aromatic heterocycles. The Balaban J connectivity index is 1.40. The van der Waals surface area contributed by atoms with E-state index in [9.17, 15) is 4.79 Å². The van der Waals surface area contributed by atoms with Crippen LogP contribution in [0.15, 0.2) is 35.8 Å². The lowest BCUT2D eigenvalue weighted by Gasteiger charge is -2.21. The molecule has 1 saturated heterocycles. The number of nitrogens with zero attached hydrogens (tertiary/aromatic N) is 4. The Kier molecular flexibility index (Phi) is 5.63. The highest BCUT2D eigenvalue weighted by Gasteiger charge is 2.19. The Labute approximate surface area is 166 Å². The van der Waals surface area contributed by atoms with Crippen LogP contribution in [0.25, 0.3) is 11.3 Å². The summed E-state index contributed by atoms with van der Waals surface area (Å²) in [7, 11) is 0. The fraction of sp³-hybridized carbons (Fsp3) is 0.368. The number of rotatable bonds is 6. The largest absolute Gasteiger partial charge is 0.494 e.